The minimum atomic E-state index is -0.419. The Kier molecular flexibility index (Phi) is 4.84. The van der Waals surface area contributed by atoms with Gasteiger partial charge in [-0.05, 0) is 43.4 Å². The van der Waals surface area contributed by atoms with E-state index in [0.717, 1.165) is 37.4 Å². The molecule has 1 N–H and O–H groups in total. The summed E-state index contributed by atoms with van der Waals surface area (Å²) in [6, 6.07) is 17.2. The van der Waals surface area contributed by atoms with Crippen molar-refractivity contribution in [2.24, 2.45) is 0 Å². The highest BCUT2D eigenvalue weighted by atomic mass is 16.4. The second-order valence-corrected chi connectivity index (χ2v) is 6.57. The molecule has 27 heavy (non-hydrogen) atoms. The molecule has 0 aliphatic carbocycles. The van der Waals surface area contributed by atoms with E-state index in [1.165, 1.54) is 0 Å². The van der Waals surface area contributed by atoms with Crippen molar-refractivity contribution < 1.29 is 9.21 Å². The number of hydrogen-bond donors (Lipinski definition) is 1. The number of aromatic nitrogens is 2. The van der Waals surface area contributed by atoms with E-state index in [1.54, 1.807) is 0 Å². The lowest BCUT2D eigenvalue weighted by Crippen LogP contribution is -2.44. The van der Waals surface area contributed by atoms with Crippen LogP contribution in [0, 0.1) is 0 Å². The molecule has 0 atom stereocenters. The first-order chi connectivity index (χ1) is 13.2. The van der Waals surface area contributed by atoms with E-state index in [-0.39, 0.29) is 5.89 Å². The Balaban J connectivity index is 1.40. The summed E-state index contributed by atoms with van der Waals surface area (Å²) in [5.74, 6) is -0.153. The first kappa shape index (κ1) is 17.2. The molecule has 1 aliphatic heterocycles. The zero-order valence-electron chi connectivity index (χ0n) is 15.1. The van der Waals surface area contributed by atoms with Crippen LogP contribution in [-0.2, 0) is 0 Å². The van der Waals surface area contributed by atoms with Gasteiger partial charge in [-0.15, -0.1) is 10.2 Å². The molecule has 0 unspecified atom stereocenters. The topological polar surface area (TPSA) is 74.5 Å². The highest BCUT2D eigenvalue weighted by molar-refractivity contribution is 6.01. The second-order valence-electron chi connectivity index (χ2n) is 6.57. The molecular weight excluding hydrogens is 342 g/mol. The summed E-state index contributed by atoms with van der Waals surface area (Å²) in [6.45, 7) is 4.12. The zero-order chi connectivity index (χ0) is 18.6. The quantitative estimate of drug-likeness (QED) is 0.768. The number of carbonyl (C=O) groups is 1. The number of nitrogens with one attached hydrogen (secondary N) is 1. The Hall–Kier alpha value is -3.19. The Morgan fingerprint density at radius 2 is 1.67 bits per heavy atom. The van der Waals surface area contributed by atoms with E-state index >= 15 is 0 Å². The van der Waals surface area contributed by atoms with Crippen LogP contribution in [0.2, 0.25) is 0 Å². The lowest BCUT2D eigenvalue weighted by molar-refractivity contribution is 0.0991. The number of piperazine rings is 1. The summed E-state index contributed by atoms with van der Waals surface area (Å²) in [6.07, 6.45) is 0. The minimum Gasteiger partial charge on any atom is -0.412 e. The monoisotopic (exact) mass is 363 g/mol. The van der Waals surface area contributed by atoms with E-state index in [9.17, 15) is 4.79 Å². The molecule has 1 amide bonds. The van der Waals surface area contributed by atoms with E-state index in [1.807, 2.05) is 54.6 Å². The van der Waals surface area contributed by atoms with E-state index in [2.05, 4.69) is 32.4 Å². The number of anilines is 2. The number of hydrogen-bond acceptors (Lipinski definition) is 6. The molecule has 1 aliphatic rings. The summed E-state index contributed by atoms with van der Waals surface area (Å²) >= 11 is 0. The molecule has 0 spiro atoms. The summed E-state index contributed by atoms with van der Waals surface area (Å²) in [7, 11) is 2.14. The van der Waals surface area contributed by atoms with Crippen molar-refractivity contribution in [3.63, 3.8) is 0 Å². The molecule has 0 saturated carbocycles. The van der Waals surface area contributed by atoms with Crippen molar-refractivity contribution in [1.82, 2.24) is 15.1 Å². The van der Waals surface area contributed by atoms with Gasteiger partial charge in [-0.25, -0.2) is 0 Å². The van der Waals surface area contributed by atoms with Gasteiger partial charge in [0.05, 0.1) is 0 Å². The normalized spacial score (nSPS) is 14.9. The molecule has 1 saturated heterocycles. The smallest absolute Gasteiger partial charge is 0.313 e. The van der Waals surface area contributed by atoms with Crippen molar-refractivity contribution in [1.29, 1.82) is 0 Å². The summed E-state index contributed by atoms with van der Waals surface area (Å²) in [5, 5.41) is 10.6. The lowest BCUT2D eigenvalue weighted by Gasteiger charge is -2.34. The molecule has 7 heteroatoms. The van der Waals surface area contributed by atoms with Crippen molar-refractivity contribution >= 4 is 17.3 Å². The van der Waals surface area contributed by atoms with Gasteiger partial charge in [0.15, 0.2) is 0 Å². The third kappa shape index (κ3) is 3.98. The van der Waals surface area contributed by atoms with Crippen molar-refractivity contribution in [3.8, 4) is 11.5 Å². The van der Waals surface area contributed by atoms with Crippen LogP contribution in [0.4, 0.5) is 11.4 Å². The van der Waals surface area contributed by atoms with Crippen LogP contribution in [0.3, 0.4) is 0 Å². The fraction of sp³-hybridized carbons (Fsp3) is 0.250. The van der Waals surface area contributed by atoms with Gasteiger partial charge < -0.3 is 19.5 Å². The third-order valence-corrected chi connectivity index (χ3v) is 4.63. The lowest BCUT2D eigenvalue weighted by atomic mass is 10.2. The largest absolute Gasteiger partial charge is 0.412 e. The number of likely N-dealkylation sites (N-methyl/N-ethyl adjacent to an activating group) is 1. The average molecular weight is 363 g/mol. The third-order valence-electron chi connectivity index (χ3n) is 4.63. The van der Waals surface area contributed by atoms with Crippen LogP contribution < -0.4 is 10.2 Å². The Morgan fingerprint density at radius 3 is 2.37 bits per heavy atom. The predicted molar refractivity (Wildman–Crippen MR) is 104 cm³/mol. The molecule has 0 radical (unpaired) electrons. The zero-order valence-corrected chi connectivity index (χ0v) is 15.1. The fourth-order valence-corrected chi connectivity index (χ4v) is 3.02. The van der Waals surface area contributed by atoms with Gasteiger partial charge in [0.2, 0.25) is 5.89 Å². The van der Waals surface area contributed by atoms with E-state index in [4.69, 9.17) is 4.42 Å². The van der Waals surface area contributed by atoms with Gasteiger partial charge in [-0.3, -0.25) is 4.79 Å². The number of rotatable bonds is 4. The predicted octanol–water partition coefficient (Wildman–Crippen LogP) is 2.74. The summed E-state index contributed by atoms with van der Waals surface area (Å²) < 4.78 is 5.49. The van der Waals surface area contributed by atoms with E-state index < -0.39 is 5.91 Å². The molecule has 1 fully saturated rings. The molecule has 2 aromatic carbocycles. The highest BCUT2D eigenvalue weighted by Crippen LogP contribution is 2.21. The molecule has 138 valence electrons. The van der Waals surface area contributed by atoms with Crippen LogP contribution in [-0.4, -0.2) is 54.2 Å². The van der Waals surface area contributed by atoms with Gasteiger partial charge in [0.25, 0.3) is 0 Å². The second kappa shape index (κ2) is 7.59. The summed E-state index contributed by atoms with van der Waals surface area (Å²) in [5.41, 5.74) is 2.63. The first-order valence-electron chi connectivity index (χ1n) is 8.93. The Labute approximate surface area is 157 Å². The van der Waals surface area contributed by atoms with Gasteiger partial charge >= 0.3 is 11.8 Å². The van der Waals surface area contributed by atoms with Crippen molar-refractivity contribution in [2.75, 3.05) is 43.4 Å². The van der Waals surface area contributed by atoms with E-state index in [0.29, 0.717) is 11.6 Å². The SMILES string of the molecule is CN1CCN(c2ccc(NC(=O)c3nnc(-c4ccccc4)o3)cc2)CC1. The standard InChI is InChI=1S/C20H21N5O2/c1-24-11-13-25(14-12-24)17-9-7-16(8-10-17)21-18(26)20-23-22-19(27-20)15-5-3-2-4-6-15/h2-10H,11-14H2,1H3,(H,21,26). The van der Waals surface area contributed by atoms with Gasteiger partial charge in [-0.1, -0.05) is 18.2 Å². The molecule has 0 bridgehead atoms. The fourth-order valence-electron chi connectivity index (χ4n) is 3.02. The van der Waals surface area contributed by atoms with Crippen molar-refractivity contribution in [3.05, 3.63) is 60.5 Å². The Morgan fingerprint density at radius 1 is 0.963 bits per heavy atom. The summed E-state index contributed by atoms with van der Waals surface area (Å²) in [4.78, 5) is 17.0. The molecule has 7 nitrogen and oxygen atoms in total. The maximum absolute atomic E-state index is 12.4. The molecular formula is C20H21N5O2. The van der Waals surface area contributed by atoms with Crippen LogP contribution in [0.5, 0.6) is 0 Å². The number of carbonyl (C=O) groups excluding carboxylic acids is 1. The van der Waals surface area contributed by atoms with Gasteiger partial charge in [0.1, 0.15) is 0 Å². The molecule has 1 aromatic heterocycles. The number of benzene rings is 2. The minimum absolute atomic E-state index is 0.0583. The first-order valence-corrected chi connectivity index (χ1v) is 8.93. The van der Waals surface area contributed by atoms with Crippen LogP contribution in [0.15, 0.2) is 59.0 Å². The maximum Gasteiger partial charge on any atom is 0.313 e. The molecule has 4 rings (SSSR count). The Bertz CT molecular complexity index is 900. The maximum atomic E-state index is 12.4. The van der Waals surface area contributed by atoms with Gasteiger partial charge in [-0.2, -0.15) is 0 Å². The van der Waals surface area contributed by atoms with Crippen LogP contribution >= 0.6 is 0 Å². The highest BCUT2D eigenvalue weighted by Gasteiger charge is 2.17. The molecule has 3 aromatic rings. The number of nitrogens with zero attached hydrogens (tertiary/aromatic N) is 4. The van der Waals surface area contributed by atoms with Crippen molar-refractivity contribution in [2.45, 2.75) is 0 Å². The number of amides is 1. The molecule has 2 heterocycles. The van der Waals surface area contributed by atoms with Gasteiger partial charge in [0, 0.05) is 43.1 Å². The van der Waals surface area contributed by atoms with Crippen LogP contribution in [0.1, 0.15) is 10.7 Å². The average Bonchev–Trinajstić information content (AvgIpc) is 3.20. The van der Waals surface area contributed by atoms with Crippen LogP contribution in [0.25, 0.3) is 11.5 Å².